The number of nitrogens with one attached hydrogen (secondary N) is 3. The van der Waals surface area contributed by atoms with E-state index < -0.39 is 5.54 Å². The first-order valence-electron chi connectivity index (χ1n) is 17.7. The van der Waals surface area contributed by atoms with Gasteiger partial charge in [-0.1, -0.05) is 32.9 Å². The van der Waals surface area contributed by atoms with Crippen molar-refractivity contribution in [3.63, 3.8) is 0 Å². The molecule has 0 aliphatic carbocycles. The summed E-state index contributed by atoms with van der Waals surface area (Å²) in [5.74, 6) is 0.898. The van der Waals surface area contributed by atoms with Crippen LogP contribution in [0, 0.1) is 5.41 Å². The van der Waals surface area contributed by atoms with Gasteiger partial charge < -0.3 is 30.5 Å². The summed E-state index contributed by atoms with van der Waals surface area (Å²) in [4.78, 5) is 60.5. The average molecular weight is 653 g/mol. The van der Waals surface area contributed by atoms with Gasteiger partial charge in [-0.25, -0.2) is 0 Å². The summed E-state index contributed by atoms with van der Waals surface area (Å²) >= 11 is 0. The molecule has 5 aliphatic heterocycles. The van der Waals surface area contributed by atoms with Crippen LogP contribution < -0.4 is 20.7 Å². The van der Waals surface area contributed by atoms with Gasteiger partial charge in [0.05, 0.1) is 24.7 Å². The summed E-state index contributed by atoms with van der Waals surface area (Å²) in [6.07, 6.45) is 6.44. The highest BCUT2D eigenvalue weighted by atomic mass is 16.5. The third-order valence-corrected chi connectivity index (χ3v) is 10.5. The Kier molecular flexibility index (Phi) is 11.5. The zero-order valence-electron chi connectivity index (χ0n) is 28.9. The van der Waals surface area contributed by atoms with Crippen LogP contribution in [0.15, 0.2) is 24.3 Å². The Morgan fingerprint density at radius 3 is 2.45 bits per heavy atom. The molecule has 1 aromatic carbocycles. The van der Waals surface area contributed by atoms with Crippen molar-refractivity contribution < 1.29 is 23.9 Å². The van der Waals surface area contributed by atoms with Gasteiger partial charge in [0.15, 0.2) is 0 Å². The van der Waals surface area contributed by atoms with Crippen LogP contribution in [0.2, 0.25) is 0 Å². The summed E-state index contributed by atoms with van der Waals surface area (Å²) in [6.45, 7) is 10.4. The maximum absolute atomic E-state index is 14.0. The van der Waals surface area contributed by atoms with Gasteiger partial charge in [-0.3, -0.25) is 24.1 Å². The quantitative estimate of drug-likeness (QED) is 0.447. The molecule has 47 heavy (non-hydrogen) atoms. The fourth-order valence-electron chi connectivity index (χ4n) is 7.83. The van der Waals surface area contributed by atoms with E-state index in [1.165, 1.54) is 0 Å². The molecule has 11 heteroatoms. The third-order valence-electron chi connectivity index (χ3n) is 10.5. The third kappa shape index (κ3) is 9.25. The summed E-state index contributed by atoms with van der Waals surface area (Å²) < 4.78 is 5.38. The molecule has 1 spiro atoms. The number of fused-ring (bicyclic) bond motifs is 10. The number of hydrogen-bond donors (Lipinski definition) is 3. The molecule has 1 aromatic rings. The maximum Gasteiger partial charge on any atom is 0.239 e. The number of carbonyl (C=O) groups excluding carboxylic acids is 4. The number of amides is 4. The van der Waals surface area contributed by atoms with E-state index in [-0.39, 0.29) is 53.6 Å². The molecule has 5 fully saturated rings. The number of carbonyl (C=O) groups is 4. The first-order valence-corrected chi connectivity index (χ1v) is 17.7. The Balaban J connectivity index is 1.30. The SMILES string of the molecule is COc1cccc(CN[C@H]2CCCNC(=O)CC3(CCN(C(=O)CC(C)(C)C)CC3)NC(=O)[C@@H]3CCCN3C3CCN(CC3)C2=O)c1. The Labute approximate surface area is 280 Å². The zero-order valence-corrected chi connectivity index (χ0v) is 28.9. The molecule has 0 saturated carbocycles. The largest absolute Gasteiger partial charge is 0.497 e. The van der Waals surface area contributed by atoms with Gasteiger partial charge >= 0.3 is 0 Å². The van der Waals surface area contributed by atoms with Gasteiger partial charge in [-0.15, -0.1) is 0 Å². The van der Waals surface area contributed by atoms with Crippen LogP contribution in [0.3, 0.4) is 0 Å². The van der Waals surface area contributed by atoms with E-state index in [9.17, 15) is 19.2 Å². The lowest BCUT2D eigenvalue weighted by molar-refractivity contribution is -0.138. The maximum atomic E-state index is 14.0. The van der Waals surface area contributed by atoms with Crippen LogP contribution in [-0.2, 0) is 25.7 Å². The number of benzene rings is 1. The second-order valence-corrected chi connectivity index (χ2v) is 15.3. The van der Waals surface area contributed by atoms with E-state index in [0.717, 1.165) is 43.5 Å². The number of piperidine rings is 2. The van der Waals surface area contributed by atoms with Crippen LogP contribution in [0.25, 0.3) is 0 Å². The summed E-state index contributed by atoms with van der Waals surface area (Å²) in [6, 6.07) is 7.49. The van der Waals surface area contributed by atoms with Crippen molar-refractivity contribution in [2.45, 2.75) is 115 Å². The Morgan fingerprint density at radius 1 is 1.00 bits per heavy atom. The topological polar surface area (TPSA) is 123 Å². The molecule has 0 radical (unpaired) electrons. The molecule has 11 nitrogen and oxygen atoms in total. The Hall–Kier alpha value is -3.18. The van der Waals surface area contributed by atoms with Crippen LogP contribution >= 0.6 is 0 Å². The van der Waals surface area contributed by atoms with Crippen LogP contribution in [0.1, 0.15) is 90.5 Å². The van der Waals surface area contributed by atoms with E-state index in [2.05, 4.69) is 41.6 Å². The van der Waals surface area contributed by atoms with Gasteiger partial charge in [0.1, 0.15) is 5.75 Å². The zero-order chi connectivity index (χ0) is 33.6. The van der Waals surface area contributed by atoms with Gasteiger partial charge in [-0.05, 0) is 81.0 Å². The van der Waals surface area contributed by atoms with Crippen LogP contribution in [0.4, 0.5) is 0 Å². The highest BCUT2D eigenvalue weighted by Crippen LogP contribution is 2.31. The monoisotopic (exact) mass is 652 g/mol. The molecule has 0 unspecified atom stereocenters. The van der Waals surface area contributed by atoms with Gasteiger partial charge in [0, 0.05) is 58.2 Å². The van der Waals surface area contributed by atoms with Gasteiger partial charge in [0.2, 0.25) is 23.6 Å². The molecule has 3 N–H and O–H groups in total. The average Bonchev–Trinajstić information content (AvgIpc) is 3.54. The summed E-state index contributed by atoms with van der Waals surface area (Å²) in [7, 11) is 1.65. The second-order valence-electron chi connectivity index (χ2n) is 15.3. The molecule has 4 amide bonds. The molecule has 0 aromatic heterocycles. The molecular formula is C36H56N6O5. The smallest absolute Gasteiger partial charge is 0.239 e. The molecular weight excluding hydrogens is 596 g/mol. The lowest BCUT2D eigenvalue weighted by Gasteiger charge is -2.44. The molecule has 5 heterocycles. The number of methoxy groups -OCH3 is 1. The van der Waals surface area contributed by atoms with Crippen LogP contribution in [-0.4, -0.2) is 108 Å². The predicted molar refractivity (Wildman–Crippen MR) is 181 cm³/mol. The van der Waals surface area contributed by atoms with Crippen molar-refractivity contribution in [2.75, 3.05) is 46.4 Å². The van der Waals surface area contributed by atoms with E-state index in [1.807, 2.05) is 34.1 Å². The van der Waals surface area contributed by atoms with Crippen molar-refractivity contribution in [1.29, 1.82) is 0 Å². The molecule has 2 bridgehead atoms. The molecule has 2 atom stereocenters. The summed E-state index contributed by atoms with van der Waals surface area (Å²) in [5.41, 5.74) is 0.251. The number of hydrogen-bond acceptors (Lipinski definition) is 7. The molecule has 5 aliphatic rings. The highest BCUT2D eigenvalue weighted by Gasteiger charge is 2.44. The normalized spacial score (nSPS) is 25.3. The first kappa shape index (κ1) is 35.1. The fraction of sp³-hybridized carbons (Fsp3) is 0.722. The lowest BCUT2D eigenvalue weighted by atomic mass is 9.82. The molecule has 6 rings (SSSR count). The fourth-order valence-corrected chi connectivity index (χ4v) is 7.83. The minimum atomic E-state index is -0.692. The number of rotatable bonds is 5. The molecule has 5 saturated heterocycles. The lowest BCUT2D eigenvalue weighted by Crippen LogP contribution is -2.61. The van der Waals surface area contributed by atoms with E-state index in [4.69, 9.17) is 4.74 Å². The first-order chi connectivity index (χ1) is 22.4. The van der Waals surface area contributed by atoms with Crippen molar-refractivity contribution in [3.05, 3.63) is 29.8 Å². The van der Waals surface area contributed by atoms with Gasteiger partial charge in [-0.2, -0.15) is 0 Å². The Bertz CT molecular complexity index is 1260. The number of ether oxygens (including phenoxy) is 1. The van der Waals surface area contributed by atoms with E-state index in [1.54, 1.807) is 7.11 Å². The number of nitrogens with zero attached hydrogens (tertiary/aromatic N) is 3. The summed E-state index contributed by atoms with van der Waals surface area (Å²) in [5, 5.41) is 9.97. The van der Waals surface area contributed by atoms with Crippen molar-refractivity contribution in [2.24, 2.45) is 5.41 Å². The Morgan fingerprint density at radius 2 is 1.74 bits per heavy atom. The van der Waals surface area contributed by atoms with Gasteiger partial charge in [0.25, 0.3) is 0 Å². The minimum absolute atomic E-state index is 0.00519. The minimum Gasteiger partial charge on any atom is -0.497 e. The number of likely N-dealkylation sites (tertiary alicyclic amines) is 1. The second kappa shape index (κ2) is 15.4. The predicted octanol–water partition coefficient (Wildman–Crippen LogP) is 2.82. The van der Waals surface area contributed by atoms with Crippen molar-refractivity contribution >= 4 is 23.6 Å². The molecule has 260 valence electrons. The van der Waals surface area contributed by atoms with Crippen molar-refractivity contribution in [1.82, 2.24) is 30.7 Å². The van der Waals surface area contributed by atoms with Crippen LogP contribution in [0.5, 0.6) is 5.75 Å². The van der Waals surface area contributed by atoms with E-state index >= 15 is 0 Å². The van der Waals surface area contributed by atoms with Crippen molar-refractivity contribution in [3.8, 4) is 5.75 Å². The standard InChI is InChI=1S/C36H56N6O5/c1-35(2,3)24-32(44)40-20-14-36(15-21-40)23-31(43)37-16-6-10-29(38-25-26-8-5-9-28(22-26)47-4)34(46)41-18-12-27(13-19-41)42-17-7-11-30(42)33(45)39-36/h5,8-9,22,27,29-30,38H,6-7,10-21,23-25H2,1-4H3,(H,37,43)(H,39,45)/t29-,30-/m0/s1. The highest BCUT2D eigenvalue weighted by molar-refractivity contribution is 5.85. The van der Waals surface area contributed by atoms with E-state index in [0.29, 0.717) is 71.4 Å².